The first-order valence-electron chi connectivity index (χ1n) is 4.85. The molecule has 0 fully saturated rings. The van der Waals surface area contributed by atoms with Gasteiger partial charge in [-0.15, -0.1) is 0 Å². The fourth-order valence-corrected chi connectivity index (χ4v) is 1.17. The average Bonchev–Trinajstić information content (AvgIpc) is 1.98. The van der Waals surface area contributed by atoms with Gasteiger partial charge < -0.3 is 10.0 Å². The summed E-state index contributed by atoms with van der Waals surface area (Å²) in [5.41, 5.74) is 0. The van der Waals surface area contributed by atoms with E-state index in [0.717, 1.165) is 6.54 Å². The Hall–Kier alpha value is -0.570. The van der Waals surface area contributed by atoms with Gasteiger partial charge in [-0.1, -0.05) is 13.8 Å². The standard InChI is InChI=1S/C10H21NO2/c1-8(2)7-11(4)10(13)6-5-9(3)12/h8-9,12H,5-7H2,1-4H3. The second-order valence-electron chi connectivity index (χ2n) is 4.06. The maximum Gasteiger partial charge on any atom is 0.222 e. The van der Waals surface area contributed by atoms with E-state index in [0.29, 0.717) is 18.8 Å². The lowest BCUT2D eigenvalue weighted by Gasteiger charge is -2.19. The Morgan fingerprint density at radius 1 is 1.38 bits per heavy atom. The molecule has 3 heteroatoms. The summed E-state index contributed by atoms with van der Waals surface area (Å²) >= 11 is 0. The molecule has 0 bridgehead atoms. The molecule has 0 aliphatic heterocycles. The first-order chi connectivity index (χ1) is 5.93. The minimum Gasteiger partial charge on any atom is -0.393 e. The highest BCUT2D eigenvalue weighted by Gasteiger charge is 2.10. The third kappa shape index (κ3) is 6.58. The molecule has 1 atom stereocenters. The predicted octanol–water partition coefficient (Wildman–Crippen LogP) is 1.26. The predicted molar refractivity (Wildman–Crippen MR) is 53.4 cm³/mol. The van der Waals surface area contributed by atoms with Crippen LogP contribution in [0, 0.1) is 5.92 Å². The van der Waals surface area contributed by atoms with E-state index < -0.39 is 0 Å². The van der Waals surface area contributed by atoms with Crippen LogP contribution in [0.2, 0.25) is 0 Å². The quantitative estimate of drug-likeness (QED) is 0.704. The van der Waals surface area contributed by atoms with Crippen LogP contribution < -0.4 is 0 Å². The van der Waals surface area contributed by atoms with Gasteiger partial charge in [-0.25, -0.2) is 0 Å². The van der Waals surface area contributed by atoms with Gasteiger partial charge in [0.2, 0.25) is 5.91 Å². The largest absolute Gasteiger partial charge is 0.393 e. The van der Waals surface area contributed by atoms with Crippen molar-refractivity contribution in [1.82, 2.24) is 4.90 Å². The van der Waals surface area contributed by atoms with Gasteiger partial charge in [-0.05, 0) is 19.3 Å². The lowest BCUT2D eigenvalue weighted by atomic mass is 10.2. The third-order valence-electron chi connectivity index (χ3n) is 1.84. The van der Waals surface area contributed by atoms with Gasteiger partial charge in [0.15, 0.2) is 0 Å². The highest BCUT2D eigenvalue weighted by Crippen LogP contribution is 2.02. The summed E-state index contributed by atoms with van der Waals surface area (Å²) in [5, 5.41) is 8.99. The molecule has 1 unspecified atom stereocenters. The van der Waals surface area contributed by atoms with Gasteiger partial charge in [0.1, 0.15) is 0 Å². The Bertz CT molecular complexity index is 155. The molecule has 13 heavy (non-hydrogen) atoms. The van der Waals surface area contributed by atoms with Crippen LogP contribution in [0.4, 0.5) is 0 Å². The van der Waals surface area contributed by atoms with Gasteiger partial charge in [0, 0.05) is 20.0 Å². The molecule has 0 heterocycles. The van der Waals surface area contributed by atoms with E-state index in [2.05, 4.69) is 13.8 Å². The van der Waals surface area contributed by atoms with Crippen molar-refractivity contribution in [3.05, 3.63) is 0 Å². The average molecular weight is 187 g/mol. The molecule has 3 nitrogen and oxygen atoms in total. The molecule has 0 aliphatic carbocycles. The molecule has 0 saturated carbocycles. The molecule has 0 rings (SSSR count). The second-order valence-corrected chi connectivity index (χ2v) is 4.06. The maximum absolute atomic E-state index is 11.4. The van der Waals surface area contributed by atoms with Gasteiger partial charge in [0.05, 0.1) is 6.10 Å². The molecule has 0 saturated heterocycles. The van der Waals surface area contributed by atoms with E-state index >= 15 is 0 Å². The zero-order chi connectivity index (χ0) is 10.4. The minimum absolute atomic E-state index is 0.120. The van der Waals surface area contributed by atoms with Crippen LogP contribution in [-0.4, -0.2) is 35.6 Å². The molecule has 1 N–H and O–H groups in total. The van der Waals surface area contributed by atoms with Crippen LogP contribution in [-0.2, 0) is 4.79 Å². The van der Waals surface area contributed by atoms with Gasteiger partial charge in [-0.2, -0.15) is 0 Å². The van der Waals surface area contributed by atoms with Crippen LogP contribution >= 0.6 is 0 Å². The summed E-state index contributed by atoms with van der Waals surface area (Å²) in [7, 11) is 1.81. The van der Waals surface area contributed by atoms with Crippen molar-refractivity contribution >= 4 is 5.91 Å². The third-order valence-corrected chi connectivity index (χ3v) is 1.84. The van der Waals surface area contributed by atoms with Crippen molar-refractivity contribution < 1.29 is 9.90 Å². The topological polar surface area (TPSA) is 40.5 Å². The Morgan fingerprint density at radius 3 is 2.31 bits per heavy atom. The molecule has 0 aromatic heterocycles. The van der Waals surface area contributed by atoms with Crippen LogP contribution in [0.15, 0.2) is 0 Å². The SMILES string of the molecule is CC(C)CN(C)C(=O)CCC(C)O. The van der Waals surface area contributed by atoms with Crippen LogP contribution in [0.25, 0.3) is 0 Å². The molecule has 0 spiro atoms. The van der Waals surface area contributed by atoms with E-state index in [9.17, 15) is 4.79 Å². The van der Waals surface area contributed by atoms with E-state index in [1.807, 2.05) is 7.05 Å². The molecule has 0 aromatic rings. The molecule has 0 radical (unpaired) electrons. The first-order valence-corrected chi connectivity index (χ1v) is 4.85. The molecule has 1 amide bonds. The fraction of sp³-hybridized carbons (Fsp3) is 0.900. The number of nitrogens with zero attached hydrogens (tertiary/aromatic N) is 1. The van der Waals surface area contributed by atoms with E-state index in [-0.39, 0.29) is 12.0 Å². The Labute approximate surface area is 80.7 Å². The summed E-state index contributed by atoms with van der Waals surface area (Å²) in [5.74, 6) is 0.620. The van der Waals surface area contributed by atoms with Crippen molar-refractivity contribution in [1.29, 1.82) is 0 Å². The number of hydrogen-bond donors (Lipinski definition) is 1. The number of carbonyl (C=O) groups is 1. The van der Waals surface area contributed by atoms with Gasteiger partial charge >= 0.3 is 0 Å². The molecule has 0 aromatic carbocycles. The molecular formula is C10H21NO2. The number of hydrogen-bond acceptors (Lipinski definition) is 2. The Balaban J connectivity index is 3.69. The van der Waals surface area contributed by atoms with Gasteiger partial charge in [-0.3, -0.25) is 4.79 Å². The normalized spacial score (nSPS) is 13.1. The summed E-state index contributed by atoms with van der Waals surface area (Å²) in [6.45, 7) is 6.66. The summed E-state index contributed by atoms with van der Waals surface area (Å²) in [4.78, 5) is 13.1. The lowest BCUT2D eigenvalue weighted by Crippen LogP contribution is -2.30. The highest BCUT2D eigenvalue weighted by atomic mass is 16.3. The number of carbonyl (C=O) groups excluding carboxylic acids is 1. The Morgan fingerprint density at radius 2 is 1.92 bits per heavy atom. The van der Waals surface area contributed by atoms with E-state index in [1.54, 1.807) is 11.8 Å². The molecule has 0 aliphatic rings. The lowest BCUT2D eigenvalue weighted by molar-refractivity contribution is -0.130. The fourth-order valence-electron chi connectivity index (χ4n) is 1.17. The monoisotopic (exact) mass is 187 g/mol. The summed E-state index contributed by atoms with van der Waals surface area (Å²) in [6, 6.07) is 0. The van der Waals surface area contributed by atoms with E-state index in [1.165, 1.54) is 0 Å². The smallest absolute Gasteiger partial charge is 0.222 e. The highest BCUT2D eigenvalue weighted by molar-refractivity contribution is 5.75. The van der Waals surface area contributed by atoms with Crippen LogP contribution in [0.1, 0.15) is 33.6 Å². The zero-order valence-corrected chi connectivity index (χ0v) is 9.08. The summed E-state index contributed by atoms with van der Waals surface area (Å²) < 4.78 is 0. The van der Waals surface area contributed by atoms with E-state index in [4.69, 9.17) is 5.11 Å². The Kier molecular flexibility index (Phi) is 5.71. The molecule has 78 valence electrons. The van der Waals surface area contributed by atoms with Crippen LogP contribution in [0.3, 0.4) is 0 Å². The molecular weight excluding hydrogens is 166 g/mol. The van der Waals surface area contributed by atoms with Gasteiger partial charge in [0.25, 0.3) is 0 Å². The van der Waals surface area contributed by atoms with Crippen molar-refractivity contribution in [3.63, 3.8) is 0 Å². The first kappa shape index (κ1) is 12.4. The second kappa shape index (κ2) is 5.97. The van der Waals surface area contributed by atoms with Crippen molar-refractivity contribution in [2.45, 2.75) is 39.7 Å². The maximum atomic E-state index is 11.4. The van der Waals surface area contributed by atoms with Crippen molar-refractivity contribution in [3.8, 4) is 0 Å². The number of rotatable bonds is 5. The zero-order valence-electron chi connectivity index (χ0n) is 9.08. The minimum atomic E-state index is -0.378. The number of aliphatic hydroxyl groups excluding tert-OH is 1. The number of amides is 1. The van der Waals surface area contributed by atoms with Crippen molar-refractivity contribution in [2.24, 2.45) is 5.92 Å². The van der Waals surface area contributed by atoms with Crippen LogP contribution in [0.5, 0.6) is 0 Å². The van der Waals surface area contributed by atoms with Crippen molar-refractivity contribution in [2.75, 3.05) is 13.6 Å². The number of aliphatic hydroxyl groups is 1. The summed E-state index contributed by atoms with van der Waals surface area (Å²) in [6.07, 6.45) is 0.624.